The van der Waals surface area contributed by atoms with Gasteiger partial charge >= 0.3 is 0 Å². The highest BCUT2D eigenvalue weighted by Crippen LogP contribution is 2.26. The number of anilines is 1. The Hall–Kier alpha value is -2.60. The fraction of sp³-hybridized carbons (Fsp3) is 0.176. The van der Waals surface area contributed by atoms with Crippen molar-refractivity contribution in [3.63, 3.8) is 0 Å². The van der Waals surface area contributed by atoms with E-state index in [-0.39, 0.29) is 5.82 Å². The SMILES string of the molecule is COC1=C(Nc2ccncc2C)NC(c2cc(Cl)ccc2F)N=C1. The zero-order valence-electron chi connectivity index (χ0n) is 13.2. The van der Waals surface area contributed by atoms with Crippen LogP contribution in [0.4, 0.5) is 10.1 Å². The molecule has 1 aliphatic rings. The van der Waals surface area contributed by atoms with Crippen molar-refractivity contribution >= 4 is 23.5 Å². The van der Waals surface area contributed by atoms with E-state index < -0.39 is 6.17 Å². The van der Waals surface area contributed by atoms with Crippen LogP contribution in [0.15, 0.2) is 53.2 Å². The number of nitrogens with zero attached hydrogens (tertiary/aromatic N) is 2. The van der Waals surface area contributed by atoms with E-state index >= 15 is 0 Å². The summed E-state index contributed by atoms with van der Waals surface area (Å²) < 4.78 is 19.4. The van der Waals surface area contributed by atoms with Crippen molar-refractivity contribution in [3.05, 3.63) is 70.2 Å². The highest BCUT2D eigenvalue weighted by atomic mass is 35.5. The van der Waals surface area contributed by atoms with Gasteiger partial charge in [0.15, 0.2) is 11.6 Å². The lowest BCUT2D eigenvalue weighted by atomic mass is 10.1. The third-order valence-corrected chi connectivity index (χ3v) is 3.86. The molecule has 24 heavy (non-hydrogen) atoms. The van der Waals surface area contributed by atoms with Crippen molar-refractivity contribution in [2.24, 2.45) is 4.99 Å². The van der Waals surface area contributed by atoms with Crippen LogP contribution in [0.5, 0.6) is 0 Å². The van der Waals surface area contributed by atoms with Crippen LogP contribution in [0.2, 0.25) is 5.02 Å². The normalized spacial score (nSPS) is 16.8. The zero-order valence-corrected chi connectivity index (χ0v) is 13.9. The topological polar surface area (TPSA) is 58.5 Å². The third-order valence-electron chi connectivity index (χ3n) is 3.62. The lowest BCUT2D eigenvalue weighted by molar-refractivity contribution is 0.304. The number of benzene rings is 1. The second-order valence-electron chi connectivity index (χ2n) is 5.25. The van der Waals surface area contributed by atoms with E-state index in [9.17, 15) is 4.39 Å². The largest absolute Gasteiger partial charge is 0.491 e. The van der Waals surface area contributed by atoms with Crippen molar-refractivity contribution < 1.29 is 9.13 Å². The molecule has 0 amide bonds. The summed E-state index contributed by atoms with van der Waals surface area (Å²) in [4.78, 5) is 8.36. The molecule has 0 spiro atoms. The second-order valence-corrected chi connectivity index (χ2v) is 5.69. The number of nitrogens with one attached hydrogen (secondary N) is 2. The number of hydrogen-bond acceptors (Lipinski definition) is 5. The molecule has 2 aromatic rings. The van der Waals surface area contributed by atoms with E-state index in [1.807, 2.05) is 13.0 Å². The van der Waals surface area contributed by atoms with E-state index in [0.717, 1.165) is 11.3 Å². The number of aromatic nitrogens is 1. The van der Waals surface area contributed by atoms with E-state index in [0.29, 0.717) is 22.2 Å². The molecule has 5 nitrogen and oxygen atoms in total. The first-order valence-corrected chi connectivity index (χ1v) is 7.67. The molecule has 0 fully saturated rings. The number of methoxy groups -OCH3 is 1. The average Bonchev–Trinajstić information content (AvgIpc) is 2.59. The summed E-state index contributed by atoms with van der Waals surface area (Å²) in [5.74, 6) is 0.727. The molecule has 1 atom stereocenters. The van der Waals surface area contributed by atoms with Gasteiger partial charge in [-0.05, 0) is 36.8 Å². The van der Waals surface area contributed by atoms with Crippen LogP contribution in [0.1, 0.15) is 17.3 Å². The van der Waals surface area contributed by atoms with Crippen molar-refractivity contribution in [1.29, 1.82) is 0 Å². The maximum absolute atomic E-state index is 14.1. The fourth-order valence-corrected chi connectivity index (χ4v) is 2.52. The summed E-state index contributed by atoms with van der Waals surface area (Å²) in [6, 6.07) is 6.23. The smallest absolute Gasteiger partial charge is 0.177 e. The first-order valence-electron chi connectivity index (χ1n) is 7.29. The molecule has 7 heteroatoms. The molecule has 3 rings (SSSR count). The molecular formula is C17H16ClFN4O. The van der Waals surface area contributed by atoms with Crippen LogP contribution in [-0.4, -0.2) is 18.3 Å². The molecule has 2 heterocycles. The Bertz CT molecular complexity index is 822. The highest BCUT2D eigenvalue weighted by Gasteiger charge is 2.22. The predicted molar refractivity (Wildman–Crippen MR) is 92.4 cm³/mol. The average molecular weight is 347 g/mol. The van der Waals surface area contributed by atoms with Gasteiger partial charge in [-0.3, -0.25) is 9.98 Å². The molecule has 2 N–H and O–H groups in total. The number of pyridine rings is 1. The highest BCUT2D eigenvalue weighted by molar-refractivity contribution is 6.30. The molecule has 124 valence electrons. The van der Waals surface area contributed by atoms with Crippen LogP contribution in [0.25, 0.3) is 0 Å². The van der Waals surface area contributed by atoms with Gasteiger partial charge in [-0.2, -0.15) is 0 Å². The van der Waals surface area contributed by atoms with Crippen LogP contribution in [0.3, 0.4) is 0 Å². The molecule has 1 aliphatic heterocycles. The number of halogens is 2. The van der Waals surface area contributed by atoms with Gasteiger partial charge in [0, 0.05) is 28.7 Å². The van der Waals surface area contributed by atoms with Crippen LogP contribution in [-0.2, 0) is 4.74 Å². The minimum Gasteiger partial charge on any atom is -0.491 e. The Morgan fingerprint density at radius 2 is 2.17 bits per heavy atom. The van der Waals surface area contributed by atoms with E-state index in [2.05, 4.69) is 20.6 Å². The van der Waals surface area contributed by atoms with Gasteiger partial charge in [0.2, 0.25) is 0 Å². The Morgan fingerprint density at radius 3 is 2.92 bits per heavy atom. The van der Waals surface area contributed by atoms with Gasteiger partial charge < -0.3 is 15.4 Å². The number of allylic oxidation sites excluding steroid dienone is 1. The number of rotatable bonds is 4. The van der Waals surface area contributed by atoms with Crippen molar-refractivity contribution in [2.45, 2.75) is 13.1 Å². The fourth-order valence-electron chi connectivity index (χ4n) is 2.33. The quantitative estimate of drug-likeness (QED) is 0.884. The molecule has 0 radical (unpaired) electrons. The standard InChI is InChI=1S/C17H16ClFN4O/c1-10-8-20-6-5-14(10)22-17-15(24-2)9-21-16(23-17)12-7-11(18)3-4-13(12)19/h3-9,16,23H,1-2H3,(H,20,22). The van der Waals surface area contributed by atoms with Gasteiger partial charge in [-0.25, -0.2) is 4.39 Å². The molecule has 1 aromatic carbocycles. The van der Waals surface area contributed by atoms with Gasteiger partial charge in [-0.1, -0.05) is 11.6 Å². The molecule has 1 aromatic heterocycles. The van der Waals surface area contributed by atoms with E-state index in [1.54, 1.807) is 31.8 Å². The summed E-state index contributed by atoms with van der Waals surface area (Å²) in [5.41, 5.74) is 2.19. The Balaban J connectivity index is 1.90. The summed E-state index contributed by atoms with van der Waals surface area (Å²) in [6.45, 7) is 1.94. The predicted octanol–water partition coefficient (Wildman–Crippen LogP) is 3.78. The van der Waals surface area contributed by atoms with Crippen molar-refractivity contribution in [2.75, 3.05) is 12.4 Å². The van der Waals surface area contributed by atoms with Crippen LogP contribution >= 0.6 is 11.6 Å². The second kappa shape index (κ2) is 6.88. The molecule has 0 saturated carbocycles. The minimum absolute atomic E-state index is 0.361. The zero-order chi connectivity index (χ0) is 17.1. The summed E-state index contributed by atoms with van der Waals surface area (Å²) in [5, 5.41) is 6.83. The van der Waals surface area contributed by atoms with Gasteiger partial charge in [-0.15, -0.1) is 0 Å². The number of hydrogen-bond donors (Lipinski definition) is 2. The Morgan fingerprint density at radius 1 is 1.33 bits per heavy atom. The van der Waals surface area contributed by atoms with E-state index in [1.165, 1.54) is 12.1 Å². The maximum atomic E-state index is 14.1. The van der Waals surface area contributed by atoms with Crippen LogP contribution in [0, 0.1) is 12.7 Å². The molecular weight excluding hydrogens is 331 g/mol. The maximum Gasteiger partial charge on any atom is 0.177 e. The Labute approximate surface area is 144 Å². The monoisotopic (exact) mass is 346 g/mol. The van der Waals surface area contributed by atoms with Gasteiger partial charge in [0.1, 0.15) is 12.0 Å². The van der Waals surface area contributed by atoms with Crippen molar-refractivity contribution in [3.8, 4) is 0 Å². The molecule has 0 bridgehead atoms. The number of aliphatic imine (C=N–C) groups is 1. The Kier molecular flexibility index (Phi) is 4.66. The first kappa shape index (κ1) is 16.3. The lowest BCUT2D eigenvalue weighted by Gasteiger charge is -2.25. The number of aryl methyl sites for hydroxylation is 1. The molecule has 1 unspecified atom stereocenters. The van der Waals surface area contributed by atoms with E-state index in [4.69, 9.17) is 16.3 Å². The summed E-state index contributed by atoms with van der Waals surface area (Å²) >= 11 is 5.97. The third kappa shape index (κ3) is 3.33. The van der Waals surface area contributed by atoms with Crippen LogP contribution < -0.4 is 10.6 Å². The summed E-state index contributed by atoms with van der Waals surface area (Å²) in [7, 11) is 1.55. The van der Waals surface area contributed by atoms with Crippen molar-refractivity contribution in [1.82, 2.24) is 10.3 Å². The van der Waals surface area contributed by atoms with Gasteiger partial charge in [0.05, 0.1) is 13.3 Å². The number of ether oxygens (including phenoxy) is 1. The summed E-state index contributed by atoms with van der Waals surface area (Å²) in [6.07, 6.45) is 4.39. The molecule has 0 saturated heterocycles. The lowest BCUT2D eigenvalue weighted by Crippen LogP contribution is -2.30. The molecule has 0 aliphatic carbocycles. The first-order chi connectivity index (χ1) is 11.6. The minimum atomic E-state index is -0.604. The van der Waals surface area contributed by atoms with Gasteiger partial charge in [0.25, 0.3) is 0 Å².